The molecule has 0 radical (unpaired) electrons. The fourth-order valence-electron chi connectivity index (χ4n) is 2.12. The first-order valence-corrected chi connectivity index (χ1v) is 6.09. The lowest BCUT2D eigenvalue weighted by molar-refractivity contribution is -0.173. The summed E-state index contributed by atoms with van der Waals surface area (Å²) in [6.07, 6.45) is 0.125. The predicted molar refractivity (Wildman–Crippen MR) is 65.8 cm³/mol. The number of cyclic esters (lactones) is 1. The molecule has 18 heavy (non-hydrogen) atoms. The summed E-state index contributed by atoms with van der Waals surface area (Å²) < 4.78 is 10.6. The SMILES string of the molecule is C[C@@]1(O)CC(=O)O[C@@H](COCc2ccccc2)C1. The van der Waals surface area contributed by atoms with E-state index in [4.69, 9.17) is 9.47 Å². The zero-order valence-corrected chi connectivity index (χ0v) is 10.5. The Morgan fingerprint density at radius 3 is 2.83 bits per heavy atom. The van der Waals surface area contributed by atoms with Crippen LogP contribution in [-0.2, 0) is 20.9 Å². The zero-order chi connectivity index (χ0) is 13.0. The molecule has 1 aromatic rings. The van der Waals surface area contributed by atoms with E-state index in [-0.39, 0.29) is 18.5 Å². The second-order valence-electron chi connectivity index (χ2n) is 4.99. The second-order valence-corrected chi connectivity index (χ2v) is 4.99. The van der Waals surface area contributed by atoms with Crippen molar-refractivity contribution in [2.75, 3.05) is 6.61 Å². The molecule has 0 bridgehead atoms. The van der Waals surface area contributed by atoms with E-state index in [9.17, 15) is 9.90 Å². The number of rotatable bonds is 4. The summed E-state index contributed by atoms with van der Waals surface area (Å²) in [6.45, 7) is 2.45. The number of aliphatic hydroxyl groups is 1. The van der Waals surface area contributed by atoms with Crippen molar-refractivity contribution < 1.29 is 19.4 Å². The molecule has 1 heterocycles. The van der Waals surface area contributed by atoms with Crippen LogP contribution in [0.15, 0.2) is 30.3 Å². The van der Waals surface area contributed by atoms with Gasteiger partial charge in [0.15, 0.2) is 0 Å². The van der Waals surface area contributed by atoms with Crippen molar-refractivity contribution in [3.8, 4) is 0 Å². The molecule has 0 spiro atoms. The van der Waals surface area contributed by atoms with Crippen molar-refractivity contribution in [3.05, 3.63) is 35.9 Å². The van der Waals surface area contributed by atoms with E-state index < -0.39 is 5.60 Å². The molecule has 98 valence electrons. The fraction of sp³-hybridized carbons (Fsp3) is 0.500. The molecular weight excluding hydrogens is 232 g/mol. The van der Waals surface area contributed by atoms with Crippen LogP contribution in [0.5, 0.6) is 0 Å². The normalized spacial score (nSPS) is 27.9. The van der Waals surface area contributed by atoms with Gasteiger partial charge in [0.1, 0.15) is 6.10 Å². The van der Waals surface area contributed by atoms with Crippen LogP contribution in [0.4, 0.5) is 0 Å². The smallest absolute Gasteiger partial charge is 0.309 e. The Morgan fingerprint density at radius 1 is 1.44 bits per heavy atom. The molecule has 4 nitrogen and oxygen atoms in total. The Morgan fingerprint density at radius 2 is 2.17 bits per heavy atom. The van der Waals surface area contributed by atoms with Crippen molar-refractivity contribution in [3.63, 3.8) is 0 Å². The largest absolute Gasteiger partial charge is 0.460 e. The van der Waals surface area contributed by atoms with Gasteiger partial charge in [-0.25, -0.2) is 0 Å². The van der Waals surface area contributed by atoms with E-state index in [1.54, 1.807) is 6.92 Å². The highest BCUT2D eigenvalue weighted by atomic mass is 16.6. The Kier molecular flexibility index (Phi) is 3.99. The lowest BCUT2D eigenvalue weighted by Gasteiger charge is -2.32. The van der Waals surface area contributed by atoms with Crippen molar-refractivity contribution >= 4 is 5.97 Å². The highest BCUT2D eigenvalue weighted by Crippen LogP contribution is 2.25. The van der Waals surface area contributed by atoms with Crippen LogP contribution >= 0.6 is 0 Å². The van der Waals surface area contributed by atoms with Gasteiger partial charge in [0.2, 0.25) is 0 Å². The summed E-state index contributed by atoms with van der Waals surface area (Å²) in [6, 6.07) is 9.80. The summed E-state index contributed by atoms with van der Waals surface area (Å²) in [7, 11) is 0. The van der Waals surface area contributed by atoms with Gasteiger partial charge in [-0.2, -0.15) is 0 Å². The molecule has 0 aromatic heterocycles. The Balaban J connectivity index is 1.78. The number of ether oxygens (including phenoxy) is 2. The topological polar surface area (TPSA) is 55.8 Å². The molecule has 1 aliphatic rings. The van der Waals surface area contributed by atoms with Crippen molar-refractivity contribution in [2.24, 2.45) is 0 Å². The van der Waals surface area contributed by atoms with Gasteiger partial charge in [-0.3, -0.25) is 4.79 Å². The van der Waals surface area contributed by atoms with E-state index in [1.165, 1.54) is 0 Å². The molecule has 0 unspecified atom stereocenters. The summed E-state index contributed by atoms with van der Waals surface area (Å²) in [5, 5.41) is 9.88. The molecule has 0 aliphatic carbocycles. The molecule has 0 amide bonds. The Hall–Kier alpha value is -1.39. The standard InChI is InChI=1S/C14H18O4/c1-14(16)7-12(18-13(15)8-14)10-17-9-11-5-3-2-4-6-11/h2-6,12,16H,7-10H2,1H3/t12-,14+/m1/s1. The van der Waals surface area contributed by atoms with Gasteiger partial charge in [-0.15, -0.1) is 0 Å². The molecule has 1 aliphatic heterocycles. The number of carbonyl (C=O) groups excluding carboxylic acids is 1. The van der Waals surface area contributed by atoms with Gasteiger partial charge in [-0.1, -0.05) is 30.3 Å². The number of esters is 1. The maximum Gasteiger partial charge on any atom is 0.309 e. The highest BCUT2D eigenvalue weighted by molar-refractivity contribution is 5.71. The van der Waals surface area contributed by atoms with Gasteiger partial charge < -0.3 is 14.6 Å². The zero-order valence-electron chi connectivity index (χ0n) is 10.5. The lowest BCUT2D eigenvalue weighted by Crippen LogP contribution is -2.42. The number of carbonyl (C=O) groups is 1. The summed E-state index contributed by atoms with van der Waals surface area (Å²) in [5.74, 6) is -0.362. The third kappa shape index (κ3) is 3.82. The van der Waals surface area contributed by atoms with Crippen LogP contribution in [0.25, 0.3) is 0 Å². The third-order valence-corrected chi connectivity index (χ3v) is 2.91. The van der Waals surface area contributed by atoms with E-state index in [1.807, 2.05) is 30.3 Å². The van der Waals surface area contributed by atoms with Crippen LogP contribution in [0, 0.1) is 0 Å². The van der Waals surface area contributed by atoms with Crippen molar-refractivity contribution in [1.29, 1.82) is 0 Å². The van der Waals surface area contributed by atoms with E-state index in [0.717, 1.165) is 5.56 Å². The number of benzene rings is 1. The van der Waals surface area contributed by atoms with Gasteiger partial charge in [-0.05, 0) is 12.5 Å². The minimum absolute atomic E-state index is 0.0577. The lowest BCUT2D eigenvalue weighted by atomic mass is 9.92. The van der Waals surface area contributed by atoms with Gasteiger partial charge in [0, 0.05) is 6.42 Å². The molecule has 1 saturated heterocycles. The average Bonchev–Trinajstić information content (AvgIpc) is 2.27. The first kappa shape index (κ1) is 13.1. The second kappa shape index (κ2) is 5.50. The minimum Gasteiger partial charge on any atom is -0.460 e. The van der Waals surface area contributed by atoms with Crippen LogP contribution in [0.1, 0.15) is 25.3 Å². The molecule has 2 rings (SSSR count). The van der Waals surface area contributed by atoms with Crippen molar-refractivity contribution in [2.45, 2.75) is 38.1 Å². The fourth-order valence-corrected chi connectivity index (χ4v) is 2.12. The summed E-state index contributed by atoms with van der Waals surface area (Å²) in [4.78, 5) is 11.3. The average molecular weight is 250 g/mol. The number of hydrogen-bond donors (Lipinski definition) is 1. The predicted octanol–water partition coefficient (Wildman–Crippen LogP) is 1.66. The Labute approximate surface area is 107 Å². The third-order valence-electron chi connectivity index (χ3n) is 2.91. The molecule has 2 atom stereocenters. The van der Waals surface area contributed by atoms with Crippen LogP contribution in [0.2, 0.25) is 0 Å². The van der Waals surface area contributed by atoms with Crippen LogP contribution < -0.4 is 0 Å². The summed E-state index contributed by atoms with van der Waals surface area (Å²) in [5.41, 5.74) is 0.0993. The first-order valence-electron chi connectivity index (χ1n) is 6.09. The van der Waals surface area contributed by atoms with Gasteiger partial charge >= 0.3 is 5.97 Å². The minimum atomic E-state index is -0.976. The summed E-state index contributed by atoms with van der Waals surface area (Å²) >= 11 is 0. The molecular formula is C14H18O4. The number of hydrogen-bond acceptors (Lipinski definition) is 4. The Bertz CT molecular complexity index is 400. The van der Waals surface area contributed by atoms with Crippen LogP contribution in [0.3, 0.4) is 0 Å². The van der Waals surface area contributed by atoms with Crippen molar-refractivity contribution in [1.82, 2.24) is 0 Å². The van der Waals surface area contributed by atoms with E-state index in [2.05, 4.69) is 0 Å². The van der Waals surface area contributed by atoms with Gasteiger partial charge in [0.25, 0.3) is 0 Å². The maximum atomic E-state index is 11.3. The quantitative estimate of drug-likeness (QED) is 0.826. The molecule has 1 N–H and O–H groups in total. The molecule has 1 fully saturated rings. The molecule has 0 saturated carbocycles. The first-order chi connectivity index (χ1) is 8.55. The van der Waals surface area contributed by atoms with Crippen LogP contribution in [-0.4, -0.2) is 29.4 Å². The monoisotopic (exact) mass is 250 g/mol. The van der Waals surface area contributed by atoms with E-state index in [0.29, 0.717) is 19.6 Å². The van der Waals surface area contributed by atoms with E-state index >= 15 is 0 Å². The maximum absolute atomic E-state index is 11.3. The molecule has 1 aromatic carbocycles. The highest BCUT2D eigenvalue weighted by Gasteiger charge is 2.36. The molecule has 4 heteroatoms. The van der Waals surface area contributed by atoms with Gasteiger partial charge in [0.05, 0.1) is 25.2 Å².